The van der Waals surface area contributed by atoms with Gasteiger partial charge >= 0.3 is 6.09 Å². The van der Waals surface area contributed by atoms with E-state index in [2.05, 4.69) is 15.6 Å². The molecule has 2 atom stereocenters. The Morgan fingerprint density at radius 1 is 1.33 bits per heavy atom. The molecule has 142 valence electrons. The minimum Gasteiger partial charge on any atom is -0.444 e. The van der Waals surface area contributed by atoms with E-state index >= 15 is 0 Å². The number of halogens is 1. The number of guanidine groups is 1. The van der Waals surface area contributed by atoms with Gasteiger partial charge in [-0.25, -0.2) is 4.79 Å². The first-order chi connectivity index (χ1) is 10.5. The summed E-state index contributed by atoms with van der Waals surface area (Å²) in [5.41, 5.74) is -1.26. The van der Waals surface area contributed by atoms with Gasteiger partial charge < -0.3 is 20.1 Å². The monoisotopic (exact) mass is 456 g/mol. The van der Waals surface area contributed by atoms with Crippen molar-refractivity contribution in [1.82, 2.24) is 15.5 Å². The van der Waals surface area contributed by atoms with Crippen molar-refractivity contribution in [3.63, 3.8) is 0 Å². The number of nitrogens with one attached hydrogen (secondary N) is 2. The van der Waals surface area contributed by atoms with Gasteiger partial charge in [-0.3, -0.25) is 9.89 Å². The maximum Gasteiger partial charge on any atom is 0.412 e. The summed E-state index contributed by atoms with van der Waals surface area (Å²) in [4.78, 5) is 18.4. The van der Waals surface area contributed by atoms with Crippen LogP contribution in [-0.4, -0.2) is 60.6 Å². The molecule has 0 aromatic rings. The van der Waals surface area contributed by atoms with E-state index in [0.717, 1.165) is 6.54 Å². The summed E-state index contributed by atoms with van der Waals surface area (Å²) >= 11 is 0. The summed E-state index contributed by atoms with van der Waals surface area (Å²) < 4.78 is 11.5. The number of ether oxygens (including phenoxy) is 2. The van der Waals surface area contributed by atoms with Crippen LogP contribution in [0.5, 0.6) is 0 Å². The highest BCUT2D eigenvalue weighted by molar-refractivity contribution is 14.0. The molecule has 0 radical (unpaired) electrons. The number of hydrogen-bond acceptors (Lipinski definition) is 4. The first kappa shape index (κ1) is 23.2. The lowest BCUT2D eigenvalue weighted by atomic mass is 10.1. The minimum atomic E-state index is -0.712. The molecule has 2 unspecified atom stereocenters. The highest BCUT2D eigenvalue weighted by Gasteiger charge is 2.49. The van der Waals surface area contributed by atoms with Gasteiger partial charge in [0.05, 0.1) is 12.1 Å². The number of nitrogens with zero attached hydrogens (tertiary/aromatic N) is 2. The number of amides is 1. The van der Waals surface area contributed by atoms with Gasteiger partial charge in [-0.15, -0.1) is 24.0 Å². The Balaban J connectivity index is 0.00000529. The van der Waals surface area contributed by atoms with E-state index in [9.17, 15) is 4.79 Å². The van der Waals surface area contributed by atoms with E-state index in [1.807, 2.05) is 48.5 Å². The molecule has 1 aliphatic heterocycles. The fourth-order valence-corrected chi connectivity index (χ4v) is 2.71. The van der Waals surface area contributed by atoms with E-state index in [-0.39, 0.29) is 42.2 Å². The molecule has 1 saturated heterocycles. The molecule has 1 rings (SSSR count). The van der Waals surface area contributed by atoms with Crippen LogP contribution in [0.2, 0.25) is 0 Å². The Kier molecular flexibility index (Phi) is 8.78. The molecule has 7 nitrogen and oxygen atoms in total. The van der Waals surface area contributed by atoms with Gasteiger partial charge in [0.25, 0.3) is 0 Å². The summed E-state index contributed by atoms with van der Waals surface area (Å²) in [6.07, 6.45) is -0.471. The molecule has 1 fully saturated rings. The zero-order chi connectivity index (χ0) is 17.8. The molecule has 1 heterocycles. The van der Waals surface area contributed by atoms with Gasteiger partial charge in [-0.05, 0) is 48.5 Å². The molecule has 8 heteroatoms. The van der Waals surface area contributed by atoms with Crippen molar-refractivity contribution in [2.45, 2.75) is 71.9 Å². The Hall–Kier alpha value is -0.770. The summed E-state index contributed by atoms with van der Waals surface area (Å²) in [5.74, 6) is 0.702. The van der Waals surface area contributed by atoms with Crippen molar-refractivity contribution in [3.8, 4) is 0 Å². The highest BCUT2D eigenvalue weighted by atomic mass is 127. The quantitative estimate of drug-likeness (QED) is 0.388. The van der Waals surface area contributed by atoms with E-state index in [4.69, 9.17) is 9.47 Å². The number of rotatable bonds is 3. The minimum absolute atomic E-state index is 0. The second-order valence-electron chi connectivity index (χ2n) is 7.17. The summed E-state index contributed by atoms with van der Waals surface area (Å²) in [7, 11) is 1.72. The lowest BCUT2D eigenvalue weighted by Gasteiger charge is -2.35. The summed E-state index contributed by atoms with van der Waals surface area (Å²) in [6, 6.07) is -0.143. The number of carbonyl (C=O) groups is 1. The first-order valence-electron chi connectivity index (χ1n) is 8.16. The van der Waals surface area contributed by atoms with E-state index in [1.54, 1.807) is 11.9 Å². The van der Waals surface area contributed by atoms with E-state index in [0.29, 0.717) is 12.5 Å². The average Bonchev–Trinajstić information content (AvgIpc) is 2.61. The summed E-state index contributed by atoms with van der Waals surface area (Å²) in [5, 5.41) is 6.38. The topological polar surface area (TPSA) is 75.2 Å². The van der Waals surface area contributed by atoms with Gasteiger partial charge in [-0.1, -0.05) is 0 Å². The zero-order valence-electron chi connectivity index (χ0n) is 16.1. The van der Waals surface area contributed by atoms with Crippen LogP contribution in [0.3, 0.4) is 0 Å². The number of carbonyl (C=O) groups excluding carboxylic acids is 1. The SMILES string of the molecule is CCNC(=NC)NCC1C(C)OC(C)(C)N1C(=O)OC(C)(C)C.I. The molecule has 0 aliphatic carbocycles. The Bertz CT molecular complexity index is 449. The van der Waals surface area contributed by atoms with Gasteiger partial charge in [0.2, 0.25) is 0 Å². The fourth-order valence-electron chi connectivity index (χ4n) is 2.71. The van der Waals surface area contributed by atoms with E-state index < -0.39 is 11.3 Å². The third kappa shape index (κ3) is 6.27. The normalized spacial score (nSPS) is 23.5. The van der Waals surface area contributed by atoms with Gasteiger partial charge in [0.1, 0.15) is 11.3 Å². The van der Waals surface area contributed by atoms with Crippen LogP contribution in [0, 0.1) is 0 Å². The van der Waals surface area contributed by atoms with Crippen LogP contribution in [0.15, 0.2) is 4.99 Å². The highest BCUT2D eigenvalue weighted by Crippen LogP contribution is 2.33. The van der Waals surface area contributed by atoms with Crippen molar-refractivity contribution >= 4 is 36.0 Å². The van der Waals surface area contributed by atoms with Crippen molar-refractivity contribution in [1.29, 1.82) is 0 Å². The van der Waals surface area contributed by atoms with Gasteiger partial charge in [0.15, 0.2) is 5.96 Å². The fraction of sp³-hybridized carbons (Fsp3) is 0.875. The van der Waals surface area contributed by atoms with Crippen LogP contribution >= 0.6 is 24.0 Å². The van der Waals surface area contributed by atoms with Crippen molar-refractivity contribution < 1.29 is 14.3 Å². The third-order valence-electron chi connectivity index (χ3n) is 3.56. The Morgan fingerprint density at radius 2 is 1.92 bits per heavy atom. The standard InChI is InChI=1S/C16H32N4O3.HI/c1-9-18-13(17-8)19-10-12-11(2)22-16(6,7)20(12)14(21)23-15(3,4)5;/h11-12H,9-10H2,1-8H3,(H2,17,18,19);1H. The second-order valence-corrected chi connectivity index (χ2v) is 7.17. The van der Waals surface area contributed by atoms with Crippen molar-refractivity contribution in [3.05, 3.63) is 0 Å². The zero-order valence-corrected chi connectivity index (χ0v) is 18.4. The number of hydrogen-bond donors (Lipinski definition) is 2. The lowest BCUT2D eigenvalue weighted by molar-refractivity contribution is -0.0755. The Morgan fingerprint density at radius 3 is 2.38 bits per heavy atom. The van der Waals surface area contributed by atoms with Crippen LogP contribution in [0.1, 0.15) is 48.5 Å². The smallest absolute Gasteiger partial charge is 0.412 e. The molecular formula is C16H33IN4O3. The molecule has 0 saturated carbocycles. The van der Waals surface area contributed by atoms with Gasteiger partial charge in [-0.2, -0.15) is 0 Å². The molecule has 0 aromatic carbocycles. The van der Waals surface area contributed by atoms with Crippen LogP contribution in [-0.2, 0) is 9.47 Å². The molecule has 0 aromatic heterocycles. The van der Waals surface area contributed by atoms with E-state index in [1.165, 1.54) is 0 Å². The average molecular weight is 456 g/mol. The molecule has 2 N–H and O–H groups in total. The largest absolute Gasteiger partial charge is 0.444 e. The van der Waals surface area contributed by atoms with Crippen molar-refractivity contribution in [2.24, 2.45) is 4.99 Å². The summed E-state index contributed by atoms with van der Waals surface area (Å²) in [6.45, 7) is 14.6. The third-order valence-corrected chi connectivity index (χ3v) is 3.56. The second kappa shape index (κ2) is 9.07. The predicted molar refractivity (Wildman–Crippen MR) is 107 cm³/mol. The molecular weight excluding hydrogens is 423 g/mol. The number of aliphatic imine (C=N–C) groups is 1. The van der Waals surface area contributed by atoms with Crippen molar-refractivity contribution in [2.75, 3.05) is 20.1 Å². The molecule has 1 aliphatic rings. The molecule has 0 spiro atoms. The van der Waals surface area contributed by atoms with Gasteiger partial charge in [0, 0.05) is 20.1 Å². The van der Waals surface area contributed by atoms with Crippen LogP contribution in [0.25, 0.3) is 0 Å². The lowest BCUT2D eigenvalue weighted by Crippen LogP contribution is -2.54. The maximum absolute atomic E-state index is 12.6. The predicted octanol–water partition coefficient (Wildman–Crippen LogP) is 2.55. The Labute approximate surface area is 162 Å². The molecule has 24 heavy (non-hydrogen) atoms. The maximum atomic E-state index is 12.6. The van der Waals surface area contributed by atoms with Crippen LogP contribution < -0.4 is 10.6 Å². The molecule has 0 bridgehead atoms. The molecule has 1 amide bonds. The first-order valence-corrected chi connectivity index (χ1v) is 8.16. The van der Waals surface area contributed by atoms with Crippen LogP contribution in [0.4, 0.5) is 4.79 Å².